The standard InChI is InChI=1S/C28H27NO4S/c1-21(30)34-20-26(18-22-12-14-25(15-13-22)24-10-6-3-7-11-24)28(32)29-17-16-27(31)33-19-23-8-4-2-5-9-23/h2-15,18H,16-17,19-20H2,1H3,(H,29,32)/b26-18-. The van der Waals surface area contributed by atoms with Crippen LogP contribution in [0, 0.1) is 0 Å². The Labute approximate surface area is 204 Å². The van der Waals surface area contributed by atoms with Crippen LogP contribution in [0.15, 0.2) is 90.5 Å². The molecular formula is C28H27NO4S. The van der Waals surface area contributed by atoms with E-state index in [-0.39, 0.29) is 42.3 Å². The van der Waals surface area contributed by atoms with E-state index in [4.69, 9.17) is 4.74 Å². The Hall–Kier alpha value is -3.64. The van der Waals surface area contributed by atoms with E-state index in [0.717, 1.165) is 34.0 Å². The number of hydrogen-bond donors (Lipinski definition) is 1. The van der Waals surface area contributed by atoms with Gasteiger partial charge < -0.3 is 10.1 Å². The maximum atomic E-state index is 12.8. The Morgan fingerprint density at radius 3 is 2.12 bits per heavy atom. The number of amides is 1. The van der Waals surface area contributed by atoms with E-state index < -0.39 is 0 Å². The molecule has 0 bridgehead atoms. The molecule has 1 N–H and O–H groups in total. The Bertz CT molecular complexity index is 1130. The van der Waals surface area contributed by atoms with Crippen LogP contribution in [0.25, 0.3) is 17.2 Å². The molecule has 0 fully saturated rings. The van der Waals surface area contributed by atoms with Crippen LogP contribution in [0.1, 0.15) is 24.5 Å². The van der Waals surface area contributed by atoms with Crippen LogP contribution in [0.4, 0.5) is 0 Å². The van der Waals surface area contributed by atoms with Crippen molar-refractivity contribution in [2.45, 2.75) is 20.0 Å². The van der Waals surface area contributed by atoms with Gasteiger partial charge >= 0.3 is 5.97 Å². The molecule has 0 aliphatic heterocycles. The van der Waals surface area contributed by atoms with Gasteiger partial charge in [0.05, 0.1) is 6.42 Å². The first-order valence-electron chi connectivity index (χ1n) is 11.0. The van der Waals surface area contributed by atoms with Gasteiger partial charge in [-0.15, -0.1) is 0 Å². The first-order chi connectivity index (χ1) is 16.5. The highest BCUT2D eigenvalue weighted by Crippen LogP contribution is 2.21. The number of nitrogens with one attached hydrogen (secondary N) is 1. The van der Waals surface area contributed by atoms with Gasteiger partial charge in [-0.25, -0.2) is 0 Å². The van der Waals surface area contributed by atoms with E-state index in [0.29, 0.717) is 5.57 Å². The third kappa shape index (κ3) is 8.37. The fraction of sp³-hybridized carbons (Fsp3) is 0.179. The number of ether oxygens (including phenoxy) is 1. The predicted octanol–water partition coefficient (Wildman–Crippen LogP) is 5.27. The number of hydrogen-bond acceptors (Lipinski definition) is 5. The second kappa shape index (κ2) is 13.2. The smallest absolute Gasteiger partial charge is 0.307 e. The van der Waals surface area contributed by atoms with Crippen LogP contribution >= 0.6 is 11.8 Å². The molecule has 0 saturated carbocycles. The van der Waals surface area contributed by atoms with E-state index >= 15 is 0 Å². The van der Waals surface area contributed by atoms with Gasteiger partial charge in [0, 0.05) is 24.8 Å². The number of carbonyl (C=O) groups excluding carboxylic acids is 3. The predicted molar refractivity (Wildman–Crippen MR) is 137 cm³/mol. The first-order valence-corrected chi connectivity index (χ1v) is 12.0. The van der Waals surface area contributed by atoms with Crippen LogP contribution in [-0.4, -0.2) is 29.3 Å². The monoisotopic (exact) mass is 473 g/mol. The topological polar surface area (TPSA) is 72.5 Å². The summed E-state index contributed by atoms with van der Waals surface area (Å²) in [7, 11) is 0. The van der Waals surface area contributed by atoms with Crippen LogP contribution in [0.3, 0.4) is 0 Å². The van der Waals surface area contributed by atoms with E-state index in [1.807, 2.05) is 84.9 Å². The molecule has 174 valence electrons. The SMILES string of the molecule is CC(=O)SC/C(=C/c1ccc(-c2ccccc2)cc1)C(=O)NCCC(=O)OCc1ccccc1. The van der Waals surface area contributed by atoms with Gasteiger partial charge in [0.1, 0.15) is 6.61 Å². The summed E-state index contributed by atoms with van der Waals surface area (Å²) in [6, 6.07) is 27.3. The second-order valence-electron chi connectivity index (χ2n) is 7.59. The van der Waals surface area contributed by atoms with Crippen LogP contribution in [0.5, 0.6) is 0 Å². The van der Waals surface area contributed by atoms with Gasteiger partial charge in [0.15, 0.2) is 5.12 Å². The maximum absolute atomic E-state index is 12.8. The van der Waals surface area contributed by atoms with Crippen LogP contribution in [0.2, 0.25) is 0 Å². The maximum Gasteiger partial charge on any atom is 0.307 e. The number of carbonyl (C=O) groups is 3. The number of thioether (sulfide) groups is 1. The van der Waals surface area contributed by atoms with Crippen molar-refractivity contribution >= 4 is 34.8 Å². The third-order valence-corrected chi connectivity index (χ3v) is 5.80. The summed E-state index contributed by atoms with van der Waals surface area (Å²) < 4.78 is 5.24. The Balaban J connectivity index is 1.57. The molecule has 0 aromatic heterocycles. The number of rotatable bonds is 10. The fourth-order valence-corrected chi connectivity index (χ4v) is 3.73. The Morgan fingerprint density at radius 1 is 0.853 bits per heavy atom. The third-order valence-electron chi connectivity index (χ3n) is 4.94. The minimum Gasteiger partial charge on any atom is -0.461 e. The lowest BCUT2D eigenvalue weighted by molar-refractivity contribution is -0.144. The van der Waals surface area contributed by atoms with E-state index in [1.165, 1.54) is 6.92 Å². The molecule has 5 nitrogen and oxygen atoms in total. The summed E-state index contributed by atoms with van der Waals surface area (Å²) in [6.45, 7) is 1.83. The second-order valence-corrected chi connectivity index (χ2v) is 8.74. The molecule has 0 atom stereocenters. The molecular weight excluding hydrogens is 446 g/mol. The van der Waals surface area contributed by atoms with Crippen molar-refractivity contribution in [2.24, 2.45) is 0 Å². The molecule has 0 saturated heterocycles. The largest absolute Gasteiger partial charge is 0.461 e. The normalized spacial score (nSPS) is 11.0. The van der Waals surface area contributed by atoms with E-state index in [2.05, 4.69) is 5.32 Å². The van der Waals surface area contributed by atoms with Gasteiger partial charge in [-0.3, -0.25) is 14.4 Å². The molecule has 1 amide bonds. The van der Waals surface area contributed by atoms with Crippen molar-refractivity contribution < 1.29 is 19.1 Å². The van der Waals surface area contributed by atoms with Gasteiger partial charge in [-0.05, 0) is 28.3 Å². The number of benzene rings is 3. The van der Waals surface area contributed by atoms with Gasteiger partial charge in [0.2, 0.25) is 5.91 Å². The van der Waals surface area contributed by atoms with Crippen LogP contribution < -0.4 is 5.32 Å². The molecule has 3 rings (SSSR count). The van der Waals surface area contributed by atoms with E-state index in [9.17, 15) is 14.4 Å². The van der Waals surface area contributed by atoms with Crippen LogP contribution in [-0.2, 0) is 25.7 Å². The number of esters is 1. The molecule has 3 aromatic rings. The highest BCUT2D eigenvalue weighted by molar-refractivity contribution is 8.13. The Morgan fingerprint density at radius 2 is 1.47 bits per heavy atom. The molecule has 3 aromatic carbocycles. The minimum absolute atomic E-state index is 0.0669. The molecule has 0 radical (unpaired) electrons. The molecule has 34 heavy (non-hydrogen) atoms. The summed E-state index contributed by atoms with van der Waals surface area (Å²) >= 11 is 1.07. The zero-order valence-electron chi connectivity index (χ0n) is 19.0. The molecule has 0 unspecified atom stereocenters. The lowest BCUT2D eigenvalue weighted by Crippen LogP contribution is -2.28. The first kappa shape index (κ1) is 25.0. The molecule has 0 spiro atoms. The average Bonchev–Trinajstić information content (AvgIpc) is 2.86. The summed E-state index contributed by atoms with van der Waals surface area (Å²) in [4.78, 5) is 36.2. The van der Waals surface area contributed by atoms with Gasteiger partial charge in [0.25, 0.3) is 0 Å². The highest BCUT2D eigenvalue weighted by Gasteiger charge is 2.12. The Kier molecular flexibility index (Phi) is 9.67. The summed E-state index contributed by atoms with van der Waals surface area (Å²) in [6.07, 6.45) is 1.84. The van der Waals surface area contributed by atoms with Crippen molar-refractivity contribution in [3.05, 3.63) is 102 Å². The zero-order valence-corrected chi connectivity index (χ0v) is 19.8. The molecule has 6 heteroatoms. The van der Waals surface area contributed by atoms with Crippen molar-refractivity contribution in [1.29, 1.82) is 0 Å². The van der Waals surface area contributed by atoms with E-state index in [1.54, 1.807) is 6.08 Å². The minimum atomic E-state index is -0.385. The van der Waals surface area contributed by atoms with Crippen molar-refractivity contribution in [3.63, 3.8) is 0 Å². The van der Waals surface area contributed by atoms with Crippen molar-refractivity contribution in [2.75, 3.05) is 12.3 Å². The van der Waals surface area contributed by atoms with Crippen molar-refractivity contribution in [1.82, 2.24) is 5.32 Å². The lowest BCUT2D eigenvalue weighted by atomic mass is 10.0. The van der Waals surface area contributed by atoms with Gasteiger partial charge in [-0.1, -0.05) is 96.7 Å². The molecule has 0 aliphatic rings. The summed E-state index contributed by atoms with van der Waals surface area (Å²) in [5.74, 6) is -0.443. The molecule has 0 aliphatic carbocycles. The zero-order chi connectivity index (χ0) is 24.2. The quantitative estimate of drug-likeness (QED) is 0.321. The highest BCUT2D eigenvalue weighted by atomic mass is 32.2. The summed E-state index contributed by atoms with van der Waals surface area (Å²) in [5.41, 5.74) is 4.42. The average molecular weight is 474 g/mol. The van der Waals surface area contributed by atoms with Crippen molar-refractivity contribution in [3.8, 4) is 11.1 Å². The van der Waals surface area contributed by atoms with Gasteiger partial charge in [-0.2, -0.15) is 0 Å². The lowest BCUT2D eigenvalue weighted by Gasteiger charge is -2.09. The fourth-order valence-electron chi connectivity index (χ4n) is 3.16. The summed E-state index contributed by atoms with van der Waals surface area (Å²) in [5, 5.41) is 2.69. The molecule has 0 heterocycles.